The summed E-state index contributed by atoms with van der Waals surface area (Å²) in [4.78, 5) is 10.5. The van der Waals surface area contributed by atoms with Crippen LogP contribution in [0.1, 0.15) is 6.42 Å². The van der Waals surface area contributed by atoms with E-state index >= 15 is 0 Å². The van der Waals surface area contributed by atoms with Gasteiger partial charge in [0, 0.05) is 0 Å². The van der Waals surface area contributed by atoms with Crippen molar-refractivity contribution >= 4 is 6.09 Å². The molecule has 0 spiro atoms. The molecular weight excluding hydrogens is 168 g/mol. The number of nitrogens with one attached hydrogen (secondary N) is 1. The summed E-state index contributed by atoms with van der Waals surface area (Å²) in [6.45, 7) is 3.55. The topological polar surface area (TPSA) is 64.3 Å². The molecule has 1 aliphatic heterocycles. The van der Waals surface area contributed by atoms with Gasteiger partial charge in [-0.25, -0.2) is 4.79 Å². The molecule has 3 N–H and O–H groups in total. The Labute approximate surface area is 76.7 Å². The zero-order valence-corrected chi connectivity index (χ0v) is 7.19. The van der Waals surface area contributed by atoms with Gasteiger partial charge in [-0.15, -0.1) is 0 Å². The summed E-state index contributed by atoms with van der Waals surface area (Å²) in [5.41, 5.74) is 5.68. The van der Waals surface area contributed by atoms with Crippen molar-refractivity contribution in [1.82, 2.24) is 5.32 Å². The first-order valence-electron chi connectivity index (χ1n) is 3.94. The van der Waals surface area contributed by atoms with E-state index in [-0.39, 0.29) is 0 Å². The van der Waals surface area contributed by atoms with Crippen LogP contribution in [0.25, 0.3) is 0 Å². The molecular formula is C9H12N2O2. The van der Waals surface area contributed by atoms with Gasteiger partial charge in [0.2, 0.25) is 0 Å². The maximum atomic E-state index is 10.5. The normalized spacial score (nSPS) is 16.8. The van der Waals surface area contributed by atoms with Crippen LogP contribution in [-0.4, -0.2) is 12.2 Å². The Balaban J connectivity index is 2.60. The summed E-state index contributed by atoms with van der Waals surface area (Å²) in [6.07, 6.45) is 6.70. The summed E-state index contributed by atoms with van der Waals surface area (Å²) in [6, 6.07) is 0. The molecule has 70 valence electrons. The quantitative estimate of drug-likeness (QED) is 0.637. The summed E-state index contributed by atoms with van der Waals surface area (Å²) in [5.74, 6) is 0. The predicted molar refractivity (Wildman–Crippen MR) is 49.6 cm³/mol. The highest BCUT2D eigenvalue weighted by atomic mass is 16.6. The Morgan fingerprint density at radius 2 is 2.62 bits per heavy atom. The molecule has 0 aromatic heterocycles. The number of dihydropyridines is 1. The zero-order chi connectivity index (χ0) is 9.68. The minimum Gasteiger partial charge on any atom is -0.436 e. The predicted octanol–water partition coefficient (Wildman–Crippen LogP) is 1.03. The third-order valence-corrected chi connectivity index (χ3v) is 1.61. The van der Waals surface area contributed by atoms with Gasteiger partial charge in [-0.05, 0) is 18.7 Å². The summed E-state index contributed by atoms with van der Waals surface area (Å²) in [7, 11) is 0. The van der Waals surface area contributed by atoms with Gasteiger partial charge < -0.3 is 15.8 Å². The lowest BCUT2D eigenvalue weighted by molar-refractivity contribution is 0.141. The molecule has 4 nitrogen and oxygen atoms in total. The number of ether oxygens (including phenoxy) is 1. The molecule has 1 heterocycles. The Morgan fingerprint density at radius 1 is 1.85 bits per heavy atom. The molecule has 13 heavy (non-hydrogen) atoms. The van der Waals surface area contributed by atoms with Crippen LogP contribution in [0.4, 0.5) is 4.79 Å². The van der Waals surface area contributed by atoms with Crippen molar-refractivity contribution in [3.8, 4) is 0 Å². The van der Waals surface area contributed by atoms with Crippen molar-refractivity contribution in [2.45, 2.75) is 12.5 Å². The number of rotatable bonds is 3. The first-order valence-corrected chi connectivity index (χ1v) is 3.94. The van der Waals surface area contributed by atoms with Gasteiger partial charge >= 0.3 is 6.09 Å². The minimum atomic E-state index is -0.804. The fraction of sp³-hybridized carbons (Fsp3) is 0.222. The molecule has 1 unspecified atom stereocenters. The molecule has 0 aromatic carbocycles. The molecule has 1 rings (SSSR count). The zero-order valence-electron chi connectivity index (χ0n) is 7.19. The van der Waals surface area contributed by atoms with Crippen LogP contribution < -0.4 is 11.1 Å². The highest BCUT2D eigenvalue weighted by Crippen LogP contribution is 2.09. The number of allylic oxidation sites excluding steroid dienone is 2. The van der Waals surface area contributed by atoms with Crippen LogP contribution in [-0.2, 0) is 4.74 Å². The first-order chi connectivity index (χ1) is 6.24. The maximum Gasteiger partial charge on any atom is 0.405 e. The number of hydrogen-bond donors (Lipinski definition) is 2. The monoisotopic (exact) mass is 180 g/mol. The average Bonchev–Trinajstić information content (AvgIpc) is 2.15. The lowest BCUT2D eigenvalue weighted by atomic mass is 10.2. The summed E-state index contributed by atoms with van der Waals surface area (Å²) >= 11 is 0. The molecule has 1 amide bonds. The van der Waals surface area contributed by atoms with E-state index in [9.17, 15) is 4.79 Å². The van der Waals surface area contributed by atoms with E-state index in [1.165, 1.54) is 6.08 Å². The Morgan fingerprint density at radius 3 is 3.08 bits per heavy atom. The van der Waals surface area contributed by atoms with Crippen LogP contribution in [0.5, 0.6) is 0 Å². The number of carbonyl (C=O) groups is 1. The molecule has 1 atom stereocenters. The summed E-state index contributed by atoms with van der Waals surface area (Å²) in [5, 5.41) is 2.95. The highest BCUT2D eigenvalue weighted by molar-refractivity contribution is 5.65. The molecule has 0 saturated carbocycles. The van der Waals surface area contributed by atoms with Gasteiger partial charge in [0.25, 0.3) is 0 Å². The van der Waals surface area contributed by atoms with Crippen molar-refractivity contribution in [3.63, 3.8) is 0 Å². The number of primary amides is 1. The van der Waals surface area contributed by atoms with Crippen molar-refractivity contribution in [2.75, 3.05) is 0 Å². The number of carbonyl (C=O) groups excluding carboxylic acids is 1. The van der Waals surface area contributed by atoms with Crippen molar-refractivity contribution in [2.24, 2.45) is 5.73 Å². The van der Waals surface area contributed by atoms with Crippen LogP contribution in [0.2, 0.25) is 0 Å². The van der Waals surface area contributed by atoms with Crippen LogP contribution in [0.3, 0.4) is 0 Å². The first kappa shape index (κ1) is 9.38. The smallest absolute Gasteiger partial charge is 0.405 e. The van der Waals surface area contributed by atoms with Gasteiger partial charge in [0.1, 0.15) is 0 Å². The van der Waals surface area contributed by atoms with Gasteiger partial charge in [-0.3, -0.25) is 0 Å². The maximum absolute atomic E-state index is 10.5. The molecule has 0 bridgehead atoms. The SMILES string of the molecule is C=CC(OC(N)=O)C1=CCC=CN1. The van der Waals surface area contributed by atoms with E-state index in [0.717, 1.165) is 12.1 Å². The summed E-state index contributed by atoms with van der Waals surface area (Å²) < 4.78 is 4.80. The molecule has 0 fully saturated rings. The third-order valence-electron chi connectivity index (χ3n) is 1.61. The van der Waals surface area contributed by atoms with Gasteiger partial charge in [-0.2, -0.15) is 0 Å². The van der Waals surface area contributed by atoms with E-state index in [2.05, 4.69) is 11.9 Å². The fourth-order valence-corrected chi connectivity index (χ4v) is 1.04. The van der Waals surface area contributed by atoms with Crippen LogP contribution >= 0.6 is 0 Å². The molecule has 0 aromatic rings. The van der Waals surface area contributed by atoms with Crippen molar-refractivity contribution in [3.05, 3.63) is 36.7 Å². The second-order valence-corrected chi connectivity index (χ2v) is 2.54. The second-order valence-electron chi connectivity index (χ2n) is 2.54. The number of nitrogens with two attached hydrogens (primary N) is 1. The van der Waals surface area contributed by atoms with E-state index < -0.39 is 12.2 Å². The van der Waals surface area contributed by atoms with Crippen molar-refractivity contribution in [1.29, 1.82) is 0 Å². The lowest BCUT2D eigenvalue weighted by Gasteiger charge is -2.18. The average molecular weight is 180 g/mol. The lowest BCUT2D eigenvalue weighted by Crippen LogP contribution is -2.28. The highest BCUT2D eigenvalue weighted by Gasteiger charge is 2.13. The van der Waals surface area contributed by atoms with Gasteiger partial charge in [0.05, 0.1) is 5.70 Å². The van der Waals surface area contributed by atoms with E-state index in [1.54, 1.807) is 6.20 Å². The van der Waals surface area contributed by atoms with Crippen molar-refractivity contribution < 1.29 is 9.53 Å². The van der Waals surface area contributed by atoms with Gasteiger partial charge in [0.15, 0.2) is 6.10 Å². The van der Waals surface area contributed by atoms with E-state index in [4.69, 9.17) is 10.5 Å². The second kappa shape index (κ2) is 4.35. The van der Waals surface area contributed by atoms with E-state index in [1.807, 2.05) is 12.2 Å². The molecule has 0 radical (unpaired) electrons. The Hall–Kier alpha value is -1.71. The van der Waals surface area contributed by atoms with Crippen LogP contribution in [0.15, 0.2) is 36.7 Å². The third kappa shape index (κ3) is 2.66. The molecule has 4 heteroatoms. The molecule has 1 aliphatic rings. The Kier molecular flexibility index (Phi) is 3.14. The largest absolute Gasteiger partial charge is 0.436 e. The van der Waals surface area contributed by atoms with E-state index in [0.29, 0.717) is 0 Å². The molecule has 0 saturated heterocycles. The molecule has 0 aliphatic carbocycles. The van der Waals surface area contributed by atoms with Gasteiger partial charge in [-0.1, -0.05) is 18.7 Å². The Bertz CT molecular complexity index is 269. The standard InChI is InChI=1S/C9H12N2O2/c1-2-8(13-9(10)12)7-5-3-4-6-11-7/h2,4-6,8,11H,1,3H2,(H2,10,12). The number of hydrogen-bond acceptors (Lipinski definition) is 3. The fourth-order valence-electron chi connectivity index (χ4n) is 1.04. The minimum absolute atomic E-state index is 0.484. The number of amides is 1. The van der Waals surface area contributed by atoms with Crippen LogP contribution in [0, 0.1) is 0 Å².